The second kappa shape index (κ2) is 6.73. The molecule has 4 heterocycles. The summed E-state index contributed by atoms with van der Waals surface area (Å²) >= 11 is 0. The Labute approximate surface area is 163 Å². The summed E-state index contributed by atoms with van der Waals surface area (Å²) in [5.41, 5.74) is 2.45. The van der Waals surface area contributed by atoms with Crippen molar-refractivity contribution < 1.29 is 13.2 Å². The first-order valence-corrected chi connectivity index (χ1v) is 10.4. The number of aryl methyl sites for hydroxylation is 1. The Bertz CT molecular complexity index is 858. The summed E-state index contributed by atoms with van der Waals surface area (Å²) in [5, 5.41) is 0. The summed E-state index contributed by atoms with van der Waals surface area (Å²) in [6.45, 7) is 5.58. The Morgan fingerprint density at radius 2 is 1.89 bits per heavy atom. The molecule has 1 N–H and O–H groups in total. The summed E-state index contributed by atoms with van der Waals surface area (Å²) < 4.78 is 40.3. The van der Waals surface area contributed by atoms with Crippen LogP contribution < -0.4 is 0 Å². The number of benzene rings is 1. The lowest BCUT2D eigenvalue weighted by molar-refractivity contribution is -0.0948. The van der Waals surface area contributed by atoms with E-state index in [1.165, 1.54) is 18.6 Å². The molecule has 6 rings (SSSR count). The highest BCUT2D eigenvalue weighted by Crippen LogP contribution is 2.40. The molecule has 2 aromatic rings. The number of imidazole rings is 1. The topological polar surface area (TPSA) is 35.2 Å². The molecule has 1 saturated carbocycles. The first-order valence-electron chi connectivity index (χ1n) is 10.4. The van der Waals surface area contributed by atoms with E-state index in [-0.39, 0.29) is 18.7 Å². The minimum absolute atomic E-state index is 0.0546. The molecule has 2 unspecified atom stereocenters. The average molecular weight is 392 g/mol. The molecule has 7 heteroatoms. The Kier molecular flexibility index (Phi) is 4.43. The maximum atomic E-state index is 13.6. The molecule has 0 radical (unpaired) electrons. The molecular weight excluding hydrogens is 365 g/mol. The smallest absolute Gasteiger partial charge is 0.248 e. The van der Waals surface area contributed by atoms with Crippen LogP contribution in [0.3, 0.4) is 0 Å². The molecule has 152 valence electrons. The minimum atomic E-state index is -2.44. The van der Waals surface area contributed by atoms with Crippen LogP contribution in [-0.2, 0) is 6.54 Å². The molecule has 1 aromatic carbocycles. The molecular formula is C21H27F3N4. The molecule has 0 spiro atoms. The highest BCUT2D eigenvalue weighted by Gasteiger charge is 2.46. The number of nitrogens with zero attached hydrogens (tertiary/aromatic N) is 3. The highest BCUT2D eigenvalue weighted by atomic mass is 19.3. The monoisotopic (exact) mass is 392 g/mol. The van der Waals surface area contributed by atoms with E-state index >= 15 is 0 Å². The van der Waals surface area contributed by atoms with Crippen LogP contribution in [-0.4, -0.2) is 57.4 Å². The normalized spacial score (nSPS) is 28.6. The fourth-order valence-corrected chi connectivity index (χ4v) is 5.37. The van der Waals surface area contributed by atoms with Crippen LogP contribution in [0.1, 0.15) is 43.5 Å². The number of fused-ring (bicyclic) bond motifs is 3. The van der Waals surface area contributed by atoms with Gasteiger partial charge in [0.05, 0.1) is 17.6 Å². The van der Waals surface area contributed by atoms with Crippen molar-refractivity contribution in [3.05, 3.63) is 29.3 Å². The summed E-state index contributed by atoms with van der Waals surface area (Å²) in [5.74, 6) is -1.38. The molecule has 4 aliphatic rings. The zero-order valence-electron chi connectivity index (χ0n) is 16.2. The van der Waals surface area contributed by atoms with E-state index < -0.39 is 5.92 Å². The molecule has 3 aliphatic heterocycles. The maximum absolute atomic E-state index is 13.6. The SMILES string of the molecule is Cc1cc(F)cc2[nH]c(CN3CC4CC(C3)N4CC3CCC(F)(F)CC3)nc12. The van der Waals surface area contributed by atoms with Crippen LogP contribution in [0.25, 0.3) is 11.0 Å². The van der Waals surface area contributed by atoms with E-state index in [0.717, 1.165) is 48.6 Å². The van der Waals surface area contributed by atoms with Gasteiger partial charge in [-0.1, -0.05) is 0 Å². The molecule has 2 atom stereocenters. The zero-order chi connectivity index (χ0) is 19.5. The van der Waals surface area contributed by atoms with Gasteiger partial charge in [-0.05, 0) is 49.8 Å². The van der Waals surface area contributed by atoms with Crippen molar-refractivity contribution in [1.82, 2.24) is 19.8 Å². The number of alkyl halides is 2. The quantitative estimate of drug-likeness (QED) is 0.851. The summed E-state index contributed by atoms with van der Waals surface area (Å²) in [6.07, 6.45) is 2.63. The number of H-pyrrole nitrogens is 1. The summed E-state index contributed by atoms with van der Waals surface area (Å²) in [7, 11) is 0. The van der Waals surface area contributed by atoms with Gasteiger partial charge in [-0.25, -0.2) is 18.2 Å². The Balaban J connectivity index is 1.18. The molecule has 4 nitrogen and oxygen atoms in total. The molecule has 1 aromatic heterocycles. The van der Waals surface area contributed by atoms with Crippen molar-refractivity contribution in [2.45, 2.75) is 63.6 Å². The predicted molar refractivity (Wildman–Crippen MR) is 102 cm³/mol. The number of halogens is 3. The maximum Gasteiger partial charge on any atom is 0.248 e. The number of aromatic nitrogens is 2. The van der Waals surface area contributed by atoms with Crippen molar-refractivity contribution in [2.24, 2.45) is 5.92 Å². The Morgan fingerprint density at radius 1 is 1.18 bits per heavy atom. The van der Waals surface area contributed by atoms with Gasteiger partial charge < -0.3 is 4.98 Å². The van der Waals surface area contributed by atoms with E-state index in [1.807, 2.05) is 6.92 Å². The van der Waals surface area contributed by atoms with Crippen LogP contribution >= 0.6 is 0 Å². The zero-order valence-corrected chi connectivity index (χ0v) is 16.2. The fraction of sp³-hybridized carbons (Fsp3) is 0.667. The number of hydrogen-bond donors (Lipinski definition) is 1. The lowest BCUT2D eigenvalue weighted by atomic mass is 9.82. The van der Waals surface area contributed by atoms with Crippen LogP contribution in [0.2, 0.25) is 0 Å². The number of hydrogen-bond acceptors (Lipinski definition) is 3. The van der Waals surface area contributed by atoms with Gasteiger partial charge in [-0.3, -0.25) is 9.80 Å². The number of rotatable bonds is 4. The Morgan fingerprint density at radius 3 is 2.61 bits per heavy atom. The third-order valence-corrected chi connectivity index (χ3v) is 6.89. The number of nitrogens with one attached hydrogen (secondary N) is 1. The molecule has 0 amide bonds. The second-order valence-corrected chi connectivity index (χ2v) is 9.04. The lowest BCUT2D eigenvalue weighted by Gasteiger charge is -2.57. The summed E-state index contributed by atoms with van der Waals surface area (Å²) in [6, 6.07) is 4.08. The molecule has 2 bridgehead atoms. The van der Waals surface area contributed by atoms with Gasteiger partial charge in [-0.2, -0.15) is 0 Å². The number of piperidine rings is 1. The average Bonchev–Trinajstić information content (AvgIpc) is 3.03. The van der Waals surface area contributed by atoms with Crippen LogP contribution in [0.5, 0.6) is 0 Å². The van der Waals surface area contributed by atoms with Crippen molar-refractivity contribution in [2.75, 3.05) is 19.6 Å². The number of aromatic amines is 1. The summed E-state index contributed by atoms with van der Waals surface area (Å²) in [4.78, 5) is 12.9. The third kappa shape index (κ3) is 3.43. The van der Waals surface area contributed by atoms with E-state index in [1.54, 1.807) is 0 Å². The first-order chi connectivity index (χ1) is 13.4. The van der Waals surface area contributed by atoms with E-state index in [4.69, 9.17) is 0 Å². The van der Waals surface area contributed by atoms with Crippen molar-refractivity contribution >= 4 is 11.0 Å². The fourth-order valence-electron chi connectivity index (χ4n) is 5.37. The van der Waals surface area contributed by atoms with Gasteiger partial charge in [0, 0.05) is 44.6 Å². The van der Waals surface area contributed by atoms with Crippen LogP contribution in [0.4, 0.5) is 13.2 Å². The van der Waals surface area contributed by atoms with Crippen LogP contribution in [0, 0.1) is 18.7 Å². The van der Waals surface area contributed by atoms with Gasteiger partial charge in [-0.15, -0.1) is 0 Å². The van der Waals surface area contributed by atoms with Crippen molar-refractivity contribution in [1.29, 1.82) is 0 Å². The number of piperazine rings is 1. The highest BCUT2D eigenvalue weighted by molar-refractivity contribution is 5.78. The lowest BCUT2D eigenvalue weighted by Crippen LogP contribution is -2.69. The van der Waals surface area contributed by atoms with Gasteiger partial charge >= 0.3 is 0 Å². The van der Waals surface area contributed by atoms with Gasteiger partial charge in [0.2, 0.25) is 5.92 Å². The minimum Gasteiger partial charge on any atom is -0.341 e. The van der Waals surface area contributed by atoms with Gasteiger partial charge in [0.15, 0.2) is 0 Å². The standard InChI is InChI=1S/C21H27F3N4/c1-13-6-15(22)7-18-20(13)26-19(25-18)12-27-10-16-8-17(11-27)28(16)9-14-2-4-21(23,24)5-3-14/h6-7,14,16-17H,2-5,8-12H2,1H3,(H,25,26). The van der Waals surface area contributed by atoms with Crippen molar-refractivity contribution in [3.63, 3.8) is 0 Å². The molecule has 28 heavy (non-hydrogen) atoms. The van der Waals surface area contributed by atoms with Gasteiger partial charge in [0.1, 0.15) is 11.6 Å². The largest absolute Gasteiger partial charge is 0.341 e. The van der Waals surface area contributed by atoms with E-state index in [9.17, 15) is 13.2 Å². The van der Waals surface area contributed by atoms with Crippen LogP contribution in [0.15, 0.2) is 12.1 Å². The first kappa shape index (κ1) is 18.4. The molecule has 3 saturated heterocycles. The van der Waals surface area contributed by atoms with E-state index in [0.29, 0.717) is 30.8 Å². The Hall–Kier alpha value is -1.60. The van der Waals surface area contributed by atoms with Crippen molar-refractivity contribution in [3.8, 4) is 0 Å². The molecule has 4 fully saturated rings. The predicted octanol–water partition coefficient (Wildman–Crippen LogP) is 4.09. The van der Waals surface area contributed by atoms with Gasteiger partial charge in [0.25, 0.3) is 0 Å². The molecule has 1 aliphatic carbocycles. The van der Waals surface area contributed by atoms with E-state index in [2.05, 4.69) is 19.8 Å². The second-order valence-electron chi connectivity index (χ2n) is 9.04. The third-order valence-electron chi connectivity index (χ3n) is 6.89.